The maximum Gasteiger partial charge on any atom is 0.483 e. The average molecular weight is 296 g/mol. The molecule has 0 aliphatic carbocycles. The van der Waals surface area contributed by atoms with Crippen LogP contribution in [0.2, 0.25) is 0 Å². The topological polar surface area (TPSA) is 36.9 Å². The molecule has 0 spiro atoms. The molecule has 0 N–H and O–H groups in total. The molecule has 0 bridgehead atoms. The molecule has 0 aromatic carbocycles. The molecule has 0 radical (unpaired) electrons. The second-order valence-corrected chi connectivity index (χ2v) is 2.85. The van der Waals surface area contributed by atoms with Crippen LogP contribution in [-0.2, 0) is 19.6 Å². The van der Waals surface area contributed by atoms with E-state index in [1.54, 1.807) is 0 Å². The molecule has 1 heterocycles. The van der Waals surface area contributed by atoms with Crippen molar-refractivity contribution in [2.45, 2.75) is 30.6 Å². The molecular weight excluding hydrogens is 295 g/mol. The Morgan fingerprint density at radius 1 is 0.722 bits per heavy atom. The normalized spacial score (nSPS) is 19.8. The van der Waals surface area contributed by atoms with Gasteiger partial charge in [-0.05, 0) is 0 Å². The Bertz CT molecular complexity index is 309. The van der Waals surface area contributed by atoms with Crippen LogP contribution in [0, 0.1) is 0 Å². The second-order valence-electron chi connectivity index (χ2n) is 2.85. The summed E-state index contributed by atoms with van der Waals surface area (Å²) in [6.07, 6.45) is -22.5. The quantitative estimate of drug-likeness (QED) is 0.590. The summed E-state index contributed by atoms with van der Waals surface area (Å²) in [6.45, 7) is 0. The van der Waals surface area contributed by atoms with Crippen molar-refractivity contribution in [1.82, 2.24) is 0 Å². The number of halogens is 9. The van der Waals surface area contributed by atoms with E-state index in [1.165, 1.54) is 0 Å². The lowest BCUT2D eigenvalue weighted by Crippen LogP contribution is -2.60. The van der Waals surface area contributed by atoms with Crippen LogP contribution in [0.15, 0.2) is 0 Å². The fraction of sp³-hybridized carbons (Fsp3) is 1.00. The van der Waals surface area contributed by atoms with Crippen LogP contribution >= 0.6 is 0 Å². The first kappa shape index (κ1) is 15.3. The fourth-order valence-corrected chi connectivity index (χ4v) is 0.624. The van der Waals surface area contributed by atoms with Gasteiger partial charge in [-0.25, -0.2) is 4.74 Å². The highest BCUT2D eigenvalue weighted by molar-refractivity contribution is 4.83. The molecule has 0 amide bonds. The zero-order chi connectivity index (χ0) is 14.4. The molecule has 108 valence electrons. The number of ether oxygens (including phenoxy) is 1. The van der Waals surface area contributed by atoms with E-state index in [9.17, 15) is 39.5 Å². The second kappa shape index (κ2) is 4.11. The zero-order valence-electron chi connectivity index (χ0n) is 7.61. The number of alkyl halides is 9. The lowest BCUT2D eigenvalue weighted by molar-refractivity contribution is -0.719. The molecule has 0 unspecified atom stereocenters. The molecule has 1 fully saturated rings. The molecule has 18 heavy (non-hydrogen) atoms. The van der Waals surface area contributed by atoms with Crippen molar-refractivity contribution >= 4 is 0 Å². The lowest BCUT2D eigenvalue weighted by Gasteiger charge is -2.35. The van der Waals surface area contributed by atoms with Gasteiger partial charge in [0.1, 0.15) is 0 Å². The highest BCUT2D eigenvalue weighted by atomic mass is 19.4. The minimum absolute atomic E-state index is 1.85. The van der Waals surface area contributed by atoms with Crippen molar-refractivity contribution in [2.24, 2.45) is 0 Å². The standard InChI is InChI=1S/C5HF9O4/c6-2(7,1-15-18-16-1)4(11,12)17-5(13,14)3(8,9)10/h1H. The van der Waals surface area contributed by atoms with Crippen molar-refractivity contribution in [3.63, 3.8) is 0 Å². The van der Waals surface area contributed by atoms with Gasteiger partial charge in [-0.3, -0.25) is 0 Å². The highest BCUT2D eigenvalue weighted by Gasteiger charge is 2.74. The van der Waals surface area contributed by atoms with Crippen molar-refractivity contribution < 1.29 is 59.1 Å². The Morgan fingerprint density at radius 3 is 1.44 bits per heavy atom. The van der Waals surface area contributed by atoms with Gasteiger partial charge in [0.2, 0.25) is 0 Å². The average Bonchev–Trinajstić information content (AvgIpc) is 1.93. The predicted octanol–water partition coefficient (Wildman–Crippen LogP) is 2.61. The minimum Gasteiger partial charge on any atom is -0.243 e. The van der Waals surface area contributed by atoms with E-state index in [1.807, 2.05) is 4.74 Å². The Balaban J connectivity index is 2.87. The first-order chi connectivity index (χ1) is 7.81. The summed E-state index contributed by atoms with van der Waals surface area (Å²) in [5.74, 6) is -5.64. The predicted molar refractivity (Wildman–Crippen MR) is 29.0 cm³/mol. The van der Waals surface area contributed by atoms with Crippen molar-refractivity contribution in [2.75, 3.05) is 0 Å². The summed E-state index contributed by atoms with van der Waals surface area (Å²) in [5.41, 5.74) is 0. The third kappa shape index (κ3) is 2.48. The van der Waals surface area contributed by atoms with Gasteiger partial charge < -0.3 is 0 Å². The van der Waals surface area contributed by atoms with Crippen molar-refractivity contribution in [3.05, 3.63) is 0 Å². The summed E-state index contributed by atoms with van der Waals surface area (Å²) in [7, 11) is 0. The lowest BCUT2D eigenvalue weighted by atomic mass is 10.3. The van der Waals surface area contributed by atoms with Gasteiger partial charge in [0, 0.05) is 0 Å². The summed E-state index contributed by atoms with van der Waals surface area (Å²) < 4.78 is 111. The molecule has 1 saturated heterocycles. The van der Waals surface area contributed by atoms with Gasteiger partial charge in [-0.1, -0.05) is 5.04 Å². The van der Waals surface area contributed by atoms with Crippen LogP contribution in [-0.4, -0.2) is 30.6 Å². The van der Waals surface area contributed by atoms with Gasteiger partial charge >= 0.3 is 30.6 Å². The summed E-state index contributed by atoms with van der Waals surface area (Å²) in [5, 5.41) is 3.14. The van der Waals surface area contributed by atoms with Crippen LogP contribution in [0.3, 0.4) is 0 Å². The Kier molecular flexibility index (Phi) is 3.49. The highest BCUT2D eigenvalue weighted by Crippen LogP contribution is 2.48. The first-order valence-electron chi connectivity index (χ1n) is 3.70. The number of hydrogen-bond donors (Lipinski definition) is 0. The van der Waals surface area contributed by atoms with Crippen molar-refractivity contribution in [3.8, 4) is 0 Å². The van der Waals surface area contributed by atoms with E-state index in [4.69, 9.17) is 0 Å². The largest absolute Gasteiger partial charge is 0.483 e. The monoisotopic (exact) mass is 296 g/mol. The molecule has 1 aliphatic heterocycles. The maximum absolute atomic E-state index is 12.7. The number of hydrogen-bond acceptors (Lipinski definition) is 4. The molecule has 13 heteroatoms. The molecular formula is C5HF9O4. The number of rotatable bonds is 4. The molecule has 4 nitrogen and oxygen atoms in total. The van der Waals surface area contributed by atoms with Crippen LogP contribution in [0.4, 0.5) is 39.5 Å². The Labute approximate surface area is 91.0 Å². The first-order valence-corrected chi connectivity index (χ1v) is 3.70. The molecule has 0 saturated carbocycles. The molecule has 0 atom stereocenters. The van der Waals surface area contributed by atoms with E-state index >= 15 is 0 Å². The van der Waals surface area contributed by atoms with Crippen molar-refractivity contribution in [1.29, 1.82) is 0 Å². The summed E-state index contributed by atoms with van der Waals surface area (Å²) in [4.78, 5) is 6.45. The van der Waals surface area contributed by atoms with Crippen LogP contribution < -0.4 is 0 Å². The Hall–Kier alpha value is -0.790. The van der Waals surface area contributed by atoms with E-state index in [0.717, 1.165) is 0 Å². The van der Waals surface area contributed by atoms with E-state index in [2.05, 4.69) is 14.8 Å². The Morgan fingerprint density at radius 2 is 1.17 bits per heavy atom. The molecule has 1 aliphatic rings. The molecule has 0 aromatic rings. The van der Waals surface area contributed by atoms with Gasteiger partial charge in [-0.15, -0.1) is 0 Å². The van der Waals surface area contributed by atoms with E-state index < -0.39 is 30.6 Å². The molecule has 1 rings (SSSR count). The van der Waals surface area contributed by atoms with Crippen LogP contribution in [0.5, 0.6) is 0 Å². The summed E-state index contributed by atoms with van der Waals surface area (Å²) >= 11 is 0. The maximum atomic E-state index is 12.7. The van der Waals surface area contributed by atoms with Gasteiger partial charge in [0.05, 0.1) is 0 Å². The third-order valence-electron chi connectivity index (χ3n) is 1.52. The van der Waals surface area contributed by atoms with Gasteiger partial charge in [0.15, 0.2) is 0 Å². The minimum atomic E-state index is -6.61. The molecule has 0 aromatic heterocycles. The van der Waals surface area contributed by atoms with Crippen LogP contribution in [0.25, 0.3) is 0 Å². The van der Waals surface area contributed by atoms with Gasteiger partial charge in [0.25, 0.3) is 0 Å². The fourth-order valence-electron chi connectivity index (χ4n) is 0.624. The van der Waals surface area contributed by atoms with Gasteiger partial charge in [-0.2, -0.15) is 49.3 Å². The smallest absolute Gasteiger partial charge is 0.243 e. The van der Waals surface area contributed by atoms with E-state index in [0.29, 0.717) is 0 Å². The van der Waals surface area contributed by atoms with E-state index in [-0.39, 0.29) is 0 Å². The SMILES string of the molecule is FC(F)(F)C(F)(F)OC(F)(F)C(F)(F)C1OOO1. The zero-order valence-corrected chi connectivity index (χ0v) is 7.61. The third-order valence-corrected chi connectivity index (χ3v) is 1.52. The van der Waals surface area contributed by atoms with Crippen LogP contribution in [0.1, 0.15) is 0 Å². The summed E-state index contributed by atoms with van der Waals surface area (Å²) in [6, 6.07) is 0.